The molecule has 0 aliphatic heterocycles. The second-order valence-electron chi connectivity index (χ2n) is 4.14. The zero-order chi connectivity index (χ0) is 13.1. The first-order valence-corrected chi connectivity index (χ1v) is 6.82. The molecule has 3 rings (SSSR count). The molecule has 0 spiro atoms. The first kappa shape index (κ1) is 12.1. The van der Waals surface area contributed by atoms with E-state index in [1.807, 2.05) is 41.8 Å². The van der Waals surface area contributed by atoms with E-state index in [0.717, 1.165) is 15.8 Å². The summed E-state index contributed by atoms with van der Waals surface area (Å²) in [7, 11) is 0. The topological polar surface area (TPSA) is 61.0 Å². The van der Waals surface area contributed by atoms with Gasteiger partial charge in [0.15, 0.2) is 5.82 Å². The van der Waals surface area contributed by atoms with Gasteiger partial charge in [0.25, 0.3) is 0 Å². The fourth-order valence-corrected chi connectivity index (χ4v) is 2.61. The molecule has 0 amide bonds. The van der Waals surface area contributed by atoms with Crippen LogP contribution in [0.3, 0.4) is 0 Å². The molecule has 0 fully saturated rings. The molecule has 0 atom stereocenters. The van der Waals surface area contributed by atoms with E-state index in [1.54, 1.807) is 11.3 Å². The van der Waals surface area contributed by atoms with Crippen LogP contribution < -0.4 is 5.73 Å². The van der Waals surface area contributed by atoms with Gasteiger partial charge in [0, 0.05) is 0 Å². The Morgan fingerprint density at radius 3 is 2.74 bits per heavy atom. The van der Waals surface area contributed by atoms with Crippen molar-refractivity contribution in [1.29, 1.82) is 0 Å². The highest BCUT2D eigenvalue weighted by Gasteiger charge is 2.06. The summed E-state index contributed by atoms with van der Waals surface area (Å²) >= 11 is 1.56. The van der Waals surface area contributed by atoms with E-state index in [0.29, 0.717) is 24.9 Å². The minimum absolute atomic E-state index is 0.368. The largest absolute Gasteiger partial charge is 0.383 e. The van der Waals surface area contributed by atoms with Crippen LogP contribution in [0.15, 0.2) is 41.8 Å². The van der Waals surface area contributed by atoms with Gasteiger partial charge >= 0.3 is 0 Å². The van der Waals surface area contributed by atoms with Crippen LogP contribution >= 0.6 is 11.3 Å². The molecule has 4 nitrogen and oxygen atoms in total. The maximum Gasteiger partial charge on any atom is 0.158 e. The summed E-state index contributed by atoms with van der Waals surface area (Å²) in [6.45, 7) is 0.916. The van der Waals surface area contributed by atoms with Crippen molar-refractivity contribution in [3.8, 4) is 0 Å². The Balaban J connectivity index is 1.68. The molecule has 2 N–H and O–H groups in total. The number of nitrogens with two attached hydrogens (primary N) is 1. The second-order valence-corrected chi connectivity index (χ2v) is 5.04. The second kappa shape index (κ2) is 5.34. The average Bonchev–Trinajstić information content (AvgIpc) is 2.89. The fourth-order valence-electron chi connectivity index (χ4n) is 1.82. The normalized spacial score (nSPS) is 10.9. The smallest absolute Gasteiger partial charge is 0.158 e. The minimum Gasteiger partial charge on any atom is -0.383 e. The number of nitrogens with zero attached hydrogens (tertiary/aromatic N) is 2. The number of fused-ring (bicyclic) bond motifs is 1. The molecule has 0 aliphatic carbocycles. The summed E-state index contributed by atoms with van der Waals surface area (Å²) in [5, 5.41) is 2.88. The van der Waals surface area contributed by atoms with Crippen molar-refractivity contribution in [2.24, 2.45) is 0 Å². The molecule has 0 unspecified atom stereocenters. The lowest BCUT2D eigenvalue weighted by atomic mass is 10.2. The van der Waals surface area contributed by atoms with Crippen molar-refractivity contribution in [1.82, 2.24) is 9.97 Å². The zero-order valence-electron chi connectivity index (χ0n) is 10.2. The van der Waals surface area contributed by atoms with Crippen LogP contribution in [-0.4, -0.2) is 9.97 Å². The third kappa shape index (κ3) is 2.72. The van der Waals surface area contributed by atoms with Crippen LogP contribution in [0.5, 0.6) is 0 Å². The number of hydrogen-bond acceptors (Lipinski definition) is 5. The first-order chi connectivity index (χ1) is 9.33. The average molecular weight is 271 g/mol. The van der Waals surface area contributed by atoms with Crippen LogP contribution in [0.25, 0.3) is 10.2 Å². The molecule has 96 valence electrons. The van der Waals surface area contributed by atoms with Gasteiger partial charge in [0.2, 0.25) is 0 Å². The number of aromatic nitrogens is 2. The van der Waals surface area contributed by atoms with E-state index < -0.39 is 0 Å². The van der Waals surface area contributed by atoms with Gasteiger partial charge in [0.05, 0.1) is 12.0 Å². The van der Waals surface area contributed by atoms with Crippen molar-refractivity contribution < 1.29 is 4.74 Å². The van der Waals surface area contributed by atoms with E-state index in [1.165, 1.54) is 0 Å². The van der Waals surface area contributed by atoms with Crippen LogP contribution in [0.1, 0.15) is 11.4 Å². The molecule has 2 aromatic heterocycles. The summed E-state index contributed by atoms with van der Waals surface area (Å²) in [6, 6.07) is 12.0. The highest BCUT2D eigenvalue weighted by molar-refractivity contribution is 7.16. The predicted molar refractivity (Wildman–Crippen MR) is 76.8 cm³/mol. The Morgan fingerprint density at radius 1 is 1.05 bits per heavy atom. The van der Waals surface area contributed by atoms with Crippen molar-refractivity contribution in [2.75, 3.05) is 5.73 Å². The molecule has 5 heteroatoms. The highest BCUT2D eigenvalue weighted by atomic mass is 32.1. The first-order valence-electron chi connectivity index (χ1n) is 5.94. The Hall–Kier alpha value is -1.98. The maximum atomic E-state index is 5.88. The van der Waals surface area contributed by atoms with E-state index in [9.17, 15) is 0 Å². The van der Waals surface area contributed by atoms with Crippen molar-refractivity contribution >= 4 is 27.4 Å². The summed E-state index contributed by atoms with van der Waals surface area (Å²) in [4.78, 5) is 9.59. The van der Waals surface area contributed by atoms with Gasteiger partial charge in [-0.15, -0.1) is 11.3 Å². The fraction of sp³-hybridized carbons (Fsp3) is 0.143. The summed E-state index contributed by atoms with van der Waals surface area (Å²) in [5.74, 6) is 1.15. The number of hydrogen-bond donors (Lipinski definition) is 1. The summed E-state index contributed by atoms with van der Waals surface area (Å²) in [5.41, 5.74) is 7.02. The van der Waals surface area contributed by atoms with Gasteiger partial charge in [0.1, 0.15) is 17.3 Å². The van der Waals surface area contributed by atoms with Gasteiger partial charge in [-0.25, -0.2) is 9.97 Å². The highest BCUT2D eigenvalue weighted by Crippen LogP contribution is 2.23. The van der Waals surface area contributed by atoms with Gasteiger partial charge in [-0.2, -0.15) is 0 Å². The lowest BCUT2D eigenvalue weighted by molar-refractivity contribution is 0.102. The number of anilines is 1. The van der Waals surface area contributed by atoms with Crippen LogP contribution in [0.4, 0.5) is 5.82 Å². The number of nitrogen functional groups attached to an aromatic ring is 1. The molecule has 0 saturated carbocycles. The number of ether oxygens (including phenoxy) is 1. The van der Waals surface area contributed by atoms with E-state index in [4.69, 9.17) is 10.5 Å². The van der Waals surface area contributed by atoms with Crippen LogP contribution in [0, 0.1) is 0 Å². The van der Waals surface area contributed by atoms with Gasteiger partial charge < -0.3 is 10.5 Å². The van der Waals surface area contributed by atoms with Crippen molar-refractivity contribution in [3.05, 3.63) is 53.2 Å². The molecule has 19 heavy (non-hydrogen) atoms. The van der Waals surface area contributed by atoms with E-state index >= 15 is 0 Å². The van der Waals surface area contributed by atoms with Crippen molar-refractivity contribution in [2.45, 2.75) is 13.2 Å². The monoisotopic (exact) mass is 271 g/mol. The molecule has 0 saturated heterocycles. The van der Waals surface area contributed by atoms with Crippen LogP contribution in [0.2, 0.25) is 0 Å². The summed E-state index contributed by atoms with van der Waals surface area (Å²) < 4.78 is 5.61. The number of rotatable bonds is 4. The van der Waals surface area contributed by atoms with E-state index in [-0.39, 0.29) is 0 Å². The molecule has 2 heterocycles. The third-order valence-electron chi connectivity index (χ3n) is 2.74. The SMILES string of the molecule is Nc1nc(COCc2ccccc2)nc2sccc12. The molecule has 3 aromatic rings. The molecule has 1 aromatic carbocycles. The van der Waals surface area contributed by atoms with Gasteiger partial charge in [-0.3, -0.25) is 0 Å². The number of benzene rings is 1. The quantitative estimate of drug-likeness (QED) is 0.792. The van der Waals surface area contributed by atoms with E-state index in [2.05, 4.69) is 9.97 Å². The molecular formula is C14H13N3OS. The molecule has 0 bridgehead atoms. The van der Waals surface area contributed by atoms with Crippen LogP contribution in [-0.2, 0) is 18.0 Å². The summed E-state index contributed by atoms with van der Waals surface area (Å²) in [6.07, 6.45) is 0. The Labute approximate surface area is 114 Å². The lowest BCUT2D eigenvalue weighted by Gasteiger charge is -2.04. The van der Waals surface area contributed by atoms with Gasteiger partial charge in [-0.1, -0.05) is 30.3 Å². The third-order valence-corrected chi connectivity index (χ3v) is 3.55. The minimum atomic E-state index is 0.368. The van der Waals surface area contributed by atoms with Crippen molar-refractivity contribution in [3.63, 3.8) is 0 Å². The zero-order valence-corrected chi connectivity index (χ0v) is 11.1. The Morgan fingerprint density at radius 2 is 1.89 bits per heavy atom. The van der Waals surface area contributed by atoms with Gasteiger partial charge in [-0.05, 0) is 17.0 Å². The standard InChI is InChI=1S/C14H13N3OS/c15-13-11-6-7-19-14(11)17-12(16-13)9-18-8-10-4-2-1-3-5-10/h1-7H,8-9H2,(H2,15,16,17). The molecule has 0 aliphatic rings. The lowest BCUT2D eigenvalue weighted by Crippen LogP contribution is -2.02. The Bertz CT molecular complexity index is 681. The molecular weight excluding hydrogens is 258 g/mol. The number of thiophene rings is 1. The predicted octanol–water partition coefficient (Wildman–Crippen LogP) is 2.99. The Kier molecular flexibility index (Phi) is 3.39. The molecule has 0 radical (unpaired) electrons. The maximum absolute atomic E-state index is 5.88.